The summed E-state index contributed by atoms with van der Waals surface area (Å²) in [6.07, 6.45) is 5.39. The van der Waals surface area contributed by atoms with Gasteiger partial charge in [-0.25, -0.2) is 0 Å². The molecule has 1 aliphatic heterocycles. The standard InChI is InChI=1S/C14H31N3O/c1-16(2)9-6-11-17-10-5-4-7-14(17)13-15-8-12-18-3/h14-15H,4-13H2,1-3H3. The number of rotatable bonds is 9. The van der Waals surface area contributed by atoms with Crippen LogP contribution in [0, 0.1) is 0 Å². The van der Waals surface area contributed by atoms with Crippen LogP contribution in [0.25, 0.3) is 0 Å². The number of hydrogen-bond acceptors (Lipinski definition) is 4. The summed E-state index contributed by atoms with van der Waals surface area (Å²) in [7, 11) is 6.07. The summed E-state index contributed by atoms with van der Waals surface area (Å²) in [6.45, 7) is 6.62. The Bertz CT molecular complexity index is 199. The van der Waals surface area contributed by atoms with Crippen LogP contribution in [0.1, 0.15) is 25.7 Å². The molecule has 0 amide bonds. The number of nitrogens with zero attached hydrogens (tertiary/aromatic N) is 2. The molecule has 0 saturated carbocycles. The summed E-state index contributed by atoms with van der Waals surface area (Å²) in [5, 5.41) is 3.51. The largest absolute Gasteiger partial charge is 0.383 e. The normalized spacial score (nSPS) is 21.7. The Hall–Kier alpha value is -0.160. The third-order valence-electron chi connectivity index (χ3n) is 3.66. The van der Waals surface area contributed by atoms with Gasteiger partial charge in [0, 0.05) is 26.2 Å². The molecule has 1 unspecified atom stereocenters. The zero-order valence-corrected chi connectivity index (χ0v) is 12.5. The molecular weight excluding hydrogens is 226 g/mol. The van der Waals surface area contributed by atoms with Crippen LogP contribution in [0.4, 0.5) is 0 Å². The fourth-order valence-electron chi connectivity index (χ4n) is 2.62. The van der Waals surface area contributed by atoms with Crippen molar-refractivity contribution in [3.05, 3.63) is 0 Å². The Labute approximate surface area is 113 Å². The molecule has 4 nitrogen and oxygen atoms in total. The second-order valence-corrected chi connectivity index (χ2v) is 5.54. The Morgan fingerprint density at radius 1 is 1.33 bits per heavy atom. The van der Waals surface area contributed by atoms with Crippen molar-refractivity contribution in [2.75, 3.05) is 60.5 Å². The van der Waals surface area contributed by atoms with Crippen LogP contribution in [0.3, 0.4) is 0 Å². The van der Waals surface area contributed by atoms with Crippen LogP contribution in [0.15, 0.2) is 0 Å². The quantitative estimate of drug-likeness (QED) is 0.624. The van der Waals surface area contributed by atoms with Crippen molar-refractivity contribution in [2.24, 2.45) is 0 Å². The van der Waals surface area contributed by atoms with Crippen molar-refractivity contribution >= 4 is 0 Å². The number of nitrogens with one attached hydrogen (secondary N) is 1. The monoisotopic (exact) mass is 257 g/mol. The van der Waals surface area contributed by atoms with E-state index in [1.54, 1.807) is 7.11 Å². The second kappa shape index (κ2) is 9.73. The van der Waals surface area contributed by atoms with Crippen LogP contribution in [-0.4, -0.2) is 76.4 Å². The molecule has 0 aromatic carbocycles. The van der Waals surface area contributed by atoms with E-state index in [1.165, 1.54) is 45.3 Å². The van der Waals surface area contributed by atoms with Crippen molar-refractivity contribution in [2.45, 2.75) is 31.7 Å². The zero-order chi connectivity index (χ0) is 13.2. The molecule has 1 rings (SSSR count). The van der Waals surface area contributed by atoms with Gasteiger partial charge in [0.1, 0.15) is 0 Å². The lowest BCUT2D eigenvalue weighted by Gasteiger charge is -2.36. The summed E-state index contributed by atoms with van der Waals surface area (Å²) in [5.74, 6) is 0. The first-order valence-corrected chi connectivity index (χ1v) is 7.32. The number of piperidine rings is 1. The average Bonchev–Trinajstić information content (AvgIpc) is 2.36. The maximum absolute atomic E-state index is 5.07. The van der Waals surface area contributed by atoms with E-state index >= 15 is 0 Å². The van der Waals surface area contributed by atoms with Gasteiger partial charge in [0.2, 0.25) is 0 Å². The van der Waals surface area contributed by atoms with Crippen molar-refractivity contribution in [3.8, 4) is 0 Å². The van der Waals surface area contributed by atoms with Gasteiger partial charge in [0.15, 0.2) is 0 Å². The molecule has 1 fully saturated rings. The van der Waals surface area contributed by atoms with Crippen LogP contribution < -0.4 is 5.32 Å². The van der Waals surface area contributed by atoms with E-state index in [-0.39, 0.29) is 0 Å². The van der Waals surface area contributed by atoms with E-state index < -0.39 is 0 Å². The van der Waals surface area contributed by atoms with Crippen LogP contribution in [-0.2, 0) is 4.74 Å². The first kappa shape index (κ1) is 15.9. The van der Waals surface area contributed by atoms with E-state index in [9.17, 15) is 0 Å². The molecule has 0 bridgehead atoms. The summed E-state index contributed by atoms with van der Waals surface area (Å²) in [5.41, 5.74) is 0. The van der Waals surface area contributed by atoms with Gasteiger partial charge in [-0.15, -0.1) is 0 Å². The second-order valence-electron chi connectivity index (χ2n) is 5.54. The molecule has 1 heterocycles. The van der Waals surface area contributed by atoms with Gasteiger partial charge in [-0.05, 0) is 53.0 Å². The number of likely N-dealkylation sites (tertiary alicyclic amines) is 1. The lowest BCUT2D eigenvalue weighted by Crippen LogP contribution is -2.46. The van der Waals surface area contributed by atoms with Gasteiger partial charge >= 0.3 is 0 Å². The fraction of sp³-hybridized carbons (Fsp3) is 1.00. The Balaban J connectivity index is 2.19. The highest BCUT2D eigenvalue weighted by Crippen LogP contribution is 2.16. The number of methoxy groups -OCH3 is 1. The highest BCUT2D eigenvalue weighted by atomic mass is 16.5. The zero-order valence-electron chi connectivity index (χ0n) is 12.5. The molecule has 108 valence electrons. The van der Waals surface area contributed by atoms with Crippen LogP contribution >= 0.6 is 0 Å². The van der Waals surface area contributed by atoms with Crippen molar-refractivity contribution < 1.29 is 4.74 Å². The smallest absolute Gasteiger partial charge is 0.0587 e. The van der Waals surface area contributed by atoms with E-state index in [4.69, 9.17) is 4.74 Å². The van der Waals surface area contributed by atoms with Gasteiger partial charge in [-0.1, -0.05) is 6.42 Å². The maximum atomic E-state index is 5.07. The Morgan fingerprint density at radius 2 is 2.17 bits per heavy atom. The highest BCUT2D eigenvalue weighted by molar-refractivity contribution is 4.78. The highest BCUT2D eigenvalue weighted by Gasteiger charge is 2.21. The molecule has 4 heteroatoms. The van der Waals surface area contributed by atoms with E-state index in [0.717, 1.165) is 25.7 Å². The molecule has 0 spiro atoms. The Morgan fingerprint density at radius 3 is 2.89 bits per heavy atom. The SMILES string of the molecule is COCCNCC1CCCCN1CCCN(C)C. The third-order valence-corrected chi connectivity index (χ3v) is 3.66. The fourth-order valence-corrected chi connectivity index (χ4v) is 2.62. The van der Waals surface area contributed by atoms with E-state index in [1.807, 2.05) is 0 Å². The van der Waals surface area contributed by atoms with Gasteiger partial charge < -0.3 is 15.0 Å². The molecule has 0 radical (unpaired) electrons. The maximum Gasteiger partial charge on any atom is 0.0587 e. The summed E-state index contributed by atoms with van der Waals surface area (Å²) in [6, 6.07) is 0.734. The molecule has 1 atom stereocenters. The predicted octanol–water partition coefficient (Wildman–Crippen LogP) is 1.03. The molecular formula is C14H31N3O. The van der Waals surface area contributed by atoms with Gasteiger partial charge in [-0.3, -0.25) is 4.90 Å². The van der Waals surface area contributed by atoms with Crippen molar-refractivity contribution in [3.63, 3.8) is 0 Å². The minimum Gasteiger partial charge on any atom is -0.383 e. The molecule has 18 heavy (non-hydrogen) atoms. The topological polar surface area (TPSA) is 27.7 Å². The summed E-state index contributed by atoms with van der Waals surface area (Å²) >= 11 is 0. The van der Waals surface area contributed by atoms with Crippen LogP contribution in [0.2, 0.25) is 0 Å². The molecule has 1 N–H and O–H groups in total. The number of hydrogen-bond donors (Lipinski definition) is 1. The average molecular weight is 257 g/mol. The van der Waals surface area contributed by atoms with E-state index in [2.05, 4.69) is 29.2 Å². The van der Waals surface area contributed by atoms with Crippen LogP contribution in [0.5, 0.6) is 0 Å². The summed E-state index contributed by atoms with van der Waals surface area (Å²) < 4.78 is 5.07. The van der Waals surface area contributed by atoms with E-state index in [0.29, 0.717) is 0 Å². The third kappa shape index (κ3) is 6.69. The summed E-state index contributed by atoms with van der Waals surface area (Å²) in [4.78, 5) is 4.95. The molecule has 0 aromatic heterocycles. The minimum absolute atomic E-state index is 0.734. The molecule has 0 aromatic rings. The predicted molar refractivity (Wildman–Crippen MR) is 77.1 cm³/mol. The van der Waals surface area contributed by atoms with Crippen molar-refractivity contribution in [1.29, 1.82) is 0 Å². The molecule has 1 saturated heterocycles. The van der Waals surface area contributed by atoms with Crippen molar-refractivity contribution in [1.82, 2.24) is 15.1 Å². The lowest BCUT2D eigenvalue weighted by atomic mass is 10.0. The van der Waals surface area contributed by atoms with Gasteiger partial charge in [0.25, 0.3) is 0 Å². The first-order chi connectivity index (χ1) is 8.74. The lowest BCUT2D eigenvalue weighted by molar-refractivity contribution is 0.135. The first-order valence-electron chi connectivity index (χ1n) is 7.32. The number of ether oxygens (including phenoxy) is 1. The Kier molecular flexibility index (Phi) is 8.59. The van der Waals surface area contributed by atoms with Gasteiger partial charge in [0.05, 0.1) is 6.61 Å². The minimum atomic E-state index is 0.734. The molecule has 1 aliphatic rings. The molecule has 0 aliphatic carbocycles. The van der Waals surface area contributed by atoms with Gasteiger partial charge in [-0.2, -0.15) is 0 Å².